The molecule has 2 aromatic carbocycles. The highest BCUT2D eigenvalue weighted by molar-refractivity contribution is 5.78. The Bertz CT molecular complexity index is 759. The first-order valence-corrected chi connectivity index (χ1v) is 8.39. The summed E-state index contributed by atoms with van der Waals surface area (Å²) >= 11 is 0. The summed E-state index contributed by atoms with van der Waals surface area (Å²) in [6.45, 7) is 0.519. The largest absolute Gasteiger partial charge is 0.508 e. The molecule has 1 atom stereocenters. The third-order valence-corrected chi connectivity index (χ3v) is 4.64. The molecule has 0 radical (unpaired) electrons. The Balaban J connectivity index is 1.75. The van der Waals surface area contributed by atoms with Crippen molar-refractivity contribution in [3.8, 4) is 17.2 Å². The van der Waals surface area contributed by atoms with Crippen molar-refractivity contribution in [2.45, 2.75) is 31.8 Å². The first kappa shape index (κ1) is 17.1. The molecule has 1 saturated heterocycles. The first-order chi connectivity index (χ1) is 12.1. The molecule has 1 N–H and O–H groups in total. The molecule has 1 fully saturated rings. The Morgan fingerprint density at radius 3 is 2.60 bits per heavy atom. The molecule has 132 valence electrons. The van der Waals surface area contributed by atoms with Crippen LogP contribution in [0.4, 0.5) is 0 Å². The van der Waals surface area contributed by atoms with E-state index in [-0.39, 0.29) is 17.7 Å². The Labute approximate surface area is 147 Å². The van der Waals surface area contributed by atoms with Gasteiger partial charge < -0.3 is 19.5 Å². The van der Waals surface area contributed by atoms with Gasteiger partial charge in [0.2, 0.25) is 5.91 Å². The number of amides is 1. The number of rotatable bonds is 6. The van der Waals surface area contributed by atoms with Crippen LogP contribution in [0.15, 0.2) is 42.5 Å². The van der Waals surface area contributed by atoms with Crippen molar-refractivity contribution in [2.75, 3.05) is 14.2 Å². The number of likely N-dealkylation sites (tertiary alicyclic amines) is 1. The van der Waals surface area contributed by atoms with Crippen molar-refractivity contribution >= 4 is 5.91 Å². The van der Waals surface area contributed by atoms with Crippen LogP contribution >= 0.6 is 0 Å². The number of phenols is 1. The molecule has 0 aromatic heterocycles. The quantitative estimate of drug-likeness (QED) is 0.877. The summed E-state index contributed by atoms with van der Waals surface area (Å²) in [5, 5.41) is 9.63. The second kappa shape index (κ2) is 7.47. The van der Waals surface area contributed by atoms with Crippen molar-refractivity contribution in [1.82, 2.24) is 4.90 Å². The molecular weight excluding hydrogens is 318 g/mol. The van der Waals surface area contributed by atoms with E-state index >= 15 is 0 Å². The molecule has 1 aliphatic rings. The molecule has 0 aliphatic carbocycles. The molecule has 5 heteroatoms. The Morgan fingerprint density at radius 1 is 1.08 bits per heavy atom. The van der Waals surface area contributed by atoms with Gasteiger partial charge in [0, 0.05) is 19.0 Å². The second-order valence-corrected chi connectivity index (χ2v) is 6.28. The van der Waals surface area contributed by atoms with Crippen LogP contribution in [0, 0.1) is 0 Å². The summed E-state index contributed by atoms with van der Waals surface area (Å²) in [6, 6.07) is 13.1. The van der Waals surface area contributed by atoms with Gasteiger partial charge in [-0.15, -0.1) is 0 Å². The van der Waals surface area contributed by atoms with Crippen LogP contribution in [0.5, 0.6) is 17.2 Å². The maximum absolute atomic E-state index is 12.3. The number of methoxy groups -OCH3 is 2. The van der Waals surface area contributed by atoms with Gasteiger partial charge in [0.25, 0.3) is 0 Å². The van der Waals surface area contributed by atoms with Gasteiger partial charge in [0.05, 0.1) is 14.2 Å². The van der Waals surface area contributed by atoms with Crippen LogP contribution in [-0.2, 0) is 17.8 Å². The van der Waals surface area contributed by atoms with Crippen LogP contribution in [0.3, 0.4) is 0 Å². The maximum atomic E-state index is 12.3. The number of carbonyl (C=O) groups is 1. The van der Waals surface area contributed by atoms with Crippen LogP contribution in [0.2, 0.25) is 0 Å². The lowest BCUT2D eigenvalue weighted by Crippen LogP contribution is -2.33. The van der Waals surface area contributed by atoms with Crippen LogP contribution in [0.25, 0.3) is 0 Å². The zero-order valence-corrected chi connectivity index (χ0v) is 14.6. The zero-order chi connectivity index (χ0) is 17.8. The van der Waals surface area contributed by atoms with Gasteiger partial charge in [-0.3, -0.25) is 4.79 Å². The van der Waals surface area contributed by atoms with Crippen molar-refractivity contribution in [3.05, 3.63) is 53.6 Å². The van der Waals surface area contributed by atoms with E-state index in [4.69, 9.17) is 9.47 Å². The summed E-state index contributed by atoms with van der Waals surface area (Å²) in [5.74, 6) is 1.78. The summed E-state index contributed by atoms with van der Waals surface area (Å²) in [6.07, 6.45) is 2.17. The van der Waals surface area contributed by atoms with Gasteiger partial charge in [0.15, 0.2) is 11.5 Å². The average molecular weight is 341 g/mol. The molecule has 1 aliphatic heterocycles. The fraction of sp³-hybridized carbons (Fsp3) is 0.350. The molecule has 1 heterocycles. The van der Waals surface area contributed by atoms with Gasteiger partial charge in [0.1, 0.15) is 5.75 Å². The number of ether oxygens (including phenoxy) is 2. The third kappa shape index (κ3) is 3.87. The first-order valence-electron chi connectivity index (χ1n) is 8.39. The van der Waals surface area contributed by atoms with E-state index in [1.54, 1.807) is 32.4 Å². The number of hydrogen-bond acceptors (Lipinski definition) is 4. The van der Waals surface area contributed by atoms with Gasteiger partial charge in [-0.1, -0.05) is 18.2 Å². The highest BCUT2D eigenvalue weighted by atomic mass is 16.5. The number of phenolic OH excluding ortho intramolecular Hbond substituents is 1. The Kier molecular flexibility index (Phi) is 5.12. The summed E-state index contributed by atoms with van der Waals surface area (Å²) < 4.78 is 10.6. The minimum Gasteiger partial charge on any atom is -0.508 e. The molecule has 0 spiro atoms. The number of benzene rings is 2. The lowest BCUT2D eigenvalue weighted by molar-refractivity contribution is -0.129. The van der Waals surface area contributed by atoms with Crippen molar-refractivity contribution in [1.29, 1.82) is 0 Å². The Morgan fingerprint density at radius 2 is 1.88 bits per heavy atom. The Hall–Kier alpha value is -2.69. The standard InChI is InChI=1S/C20H23NO4/c1-24-18-8-6-14(12-19(18)25-2)10-16-7-9-20(23)21(16)13-15-4-3-5-17(22)11-15/h3-6,8,11-12,16,22H,7,9-10,13H2,1-2H3/t16-/m0/s1. The van der Waals surface area contributed by atoms with Crippen molar-refractivity contribution in [2.24, 2.45) is 0 Å². The molecule has 3 rings (SSSR count). The van der Waals surface area contributed by atoms with E-state index in [0.717, 1.165) is 24.0 Å². The fourth-order valence-electron chi connectivity index (χ4n) is 3.35. The van der Waals surface area contributed by atoms with Gasteiger partial charge in [-0.2, -0.15) is 0 Å². The number of aromatic hydroxyl groups is 1. The monoisotopic (exact) mass is 341 g/mol. The predicted molar refractivity (Wildman–Crippen MR) is 94.9 cm³/mol. The van der Waals surface area contributed by atoms with Crippen LogP contribution in [-0.4, -0.2) is 36.2 Å². The van der Waals surface area contributed by atoms with Crippen molar-refractivity contribution < 1.29 is 19.4 Å². The van der Waals surface area contributed by atoms with E-state index in [1.807, 2.05) is 29.2 Å². The van der Waals surface area contributed by atoms with E-state index < -0.39 is 0 Å². The van der Waals surface area contributed by atoms with Gasteiger partial charge in [-0.25, -0.2) is 0 Å². The zero-order valence-electron chi connectivity index (χ0n) is 14.6. The van der Waals surface area contributed by atoms with E-state index in [2.05, 4.69) is 0 Å². The fourth-order valence-corrected chi connectivity index (χ4v) is 3.35. The van der Waals surface area contributed by atoms with Gasteiger partial charge >= 0.3 is 0 Å². The number of carbonyl (C=O) groups excluding carboxylic acids is 1. The SMILES string of the molecule is COc1ccc(C[C@@H]2CCC(=O)N2Cc2cccc(O)c2)cc1OC. The second-order valence-electron chi connectivity index (χ2n) is 6.28. The lowest BCUT2D eigenvalue weighted by atomic mass is 10.0. The van der Waals surface area contributed by atoms with E-state index in [1.165, 1.54) is 0 Å². The molecule has 1 amide bonds. The predicted octanol–water partition coefficient (Wildman–Crippen LogP) is 3.14. The van der Waals surface area contributed by atoms with E-state index in [0.29, 0.717) is 24.5 Å². The van der Waals surface area contributed by atoms with E-state index in [9.17, 15) is 9.90 Å². The minimum atomic E-state index is 0.146. The topological polar surface area (TPSA) is 59.0 Å². The summed E-state index contributed by atoms with van der Waals surface area (Å²) in [7, 11) is 3.24. The highest BCUT2D eigenvalue weighted by Gasteiger charge is 2.31. The molecule has 0 bridgehead atoms. The van der Waals surface area contributed by atoms with Crippen molar-refractivity contribution in [3.63, 3.8) is 0 Å². The highest BCUT2D eigenvalue weighted by Crippen LogP contribution is 2.30. The number of hydrogen-bond donors (Lipinski definition) is 1. The van der Waals surface area contributed by atoms with Crippen LogP contribution in [0.1, 0.15) is 24.0 Å². The molecule has 0 saturated carbocycles. The van der Waals surface area contributed by atoms with Gasteiger partial charge in [-0.05, 0) is 48.2 Å². The molecule has 2 aromatic rings. The molecule has 5 nitrogen and oxygen atoms in total. The number of nitrogens with zero attached hydrogens (tertiary/aromatic N) is 1. The average Bonchev–Trinajstić information content (AvgIpc) is 2.95. The smallest absolute Gasteiger partial charge is 0.223 e. The summed E-state index contributed by atoms with van der Waals surface area (Å²) in [5.41, 5.74) is 2.05. The normalized spacial score (nSPS) is 17.0. The molecular formula is C20H23NO4. The molecule has 0 unspecified atom stereocenters. The lowest BCUT2D eigenvalue weighted by Gasteiger charge is -2.25. The van der Waals surface area contributed by atoms with Crippen LogP contribution < -0.4 is 9.47 Å². The molecule has 25 heavy (non-hydrogen) atoms. The summed E-state index contributed by atoms with van der Waals surface area (Å²) in [4.78, 5) is 14.2. The third-order valence-electron chi connectivity index (χ3n) is 4.64. The maximum Gasteiger partial charge on any atom is 0.223 e. The minimum absolute atomic E-state index is 0.146.